The first-order valence-electron chi connectivity index (χ1n) is 10.0. The van der Waals surface area contributed by atoms with Gasteiger partial charge in [0.25, 0.3) is 0 Å². The maximum Gasteiger partial charge on any atom is 0.119 e. The van der Waals surface area contributed by atoms with E-state index in [0.717, 1.165) is 29.9 Å². The Hall–Kier alpha value is -3.10. The molecule has 3 aromatic carbocycles. The second-order valence-electron chi connectivity index (χ2n) is 6.87. The summed E-state index contributed by atoms with van der Waals surface area (Å²) in [5.41, 5.74) is 5.81. The lowest BCUT2D eigenvalue weighted by atomic mass is 10.0. The molecular formula is C27H28O2. The zero-order valence-electron chi connectivity index (χ0n) is 17.0. The van der Waals surface area contributed by atoms with Crippen LogP contribution in [0.15, 0.2) is 91.5 Å². The highest BCUT2D eigenvalue weighted by atomic mass is 16.5. The fourth-order valence-electron chi connectivity index (χ4n) is 2.96. The Labute approximate surface area is 174 Å². The Morgan fingerprint density at radius 2 is 1.34 bits per heavy atom. The van der Waals surface area contributed by atoms with Crippen LogP contribution in [-0.2, 0) is 18.0 Å². The molecule has 148 valence electrons. The Balaban J connectivity index is 1.51. The highest BCUT2D eigenvalue weighted by Crippen LogP contribution is 2.23. The molecule has 0 aliphatic rings. The van der Waals surface area contributed by atoms with E-state index in [-0.39, 0.29) is 0 Å². The summed E-state index contributed by atoms with van der Waals surface area (Å²) < 4.78 is 11.6. The second-order valence-corrected chi connectivity index (χ2v) is 6.87. The van der Waals surface area contributed by atoms with E-state index in [2.05, 4.69) is 67.3 Å². The predicted octanol–water partition coefficient (Wildman–Crippen LogP) is 7.06. The normalized spacial score (nSPS) is 10.9. The minimum absolute atomic E-state index is 0.555. The number of rotatable bonds is 10. The van der Waals surface area contributed by atoms with Gasteiger partial charge in [0.2, 0.25) is 0 Å². The van der Waals surface area contributed by atoms with Crippen molar-refractivity contribution in [3.05, 3.63) is 108 Å². The van der Waals surface area contributed by atoms with Gasteiger partial charge in [0.15, 0.2) is 0 Å². The number of benzene rings is 3. The van der Waals surface area contributed by atoms with Gasteiger partial charge in [-0.2, -0.15) is 0 Å². The molecule has 3 rings (SSSR count). The zero-order chi connectivity index (χ0) is 20.3. The molecule has 3 aromatic rings. The molecule has 0 aliphatic heterocycles. The molecule has 0 aliphatic carbocycles. The van der Waals surface area contributed by atoms with Gasteiger partial charge in [-0.1, -0.05) is 85.5 Å². The van der Waals surface area contributed by atoms with Crippen molar-refractivity contribution in [1.29, 1.82) is 0 Å². The Morgan fingerprint density at radius 3 is 1.97 bits per heavy atom. The third kappa shape index (κ3) is 6.48. The first kappa shape index (κ1) is 20.6. The smallest absolute Gasteiger partial charge is 0.119 e. The van der Waals surface area contributed by atoms with Crippen LogP contribution in [0.25, 0.3) is 17.2 Å². The summed E-state index contributed by atoms with van der Waals surface area (Å²) in [6, 6.07) is 25.0. The molecule has 0 radical (unpaired) electrons. The molecule has 0 N–H and O–H groups in total. The molecule has 0 spiro atoms. The maximum absolute atomic E-state index is 5.90. The summed E-state index contributed by atoms with van der Waals surface area (Å²) in [4.78, 5) is 0. The third-order valence-corrected chi connectivity index (χ3v) is 4.70. The highest BCUT2D eigenvalue weighted by molar-refractivity contribution is 5.64. The number of hydrogen-bond acceptors (Lipinski definition) is 2. The lowest BCUT2D eigenvalue weighted by Gasteiger charge is -2.09. The molecule has 0 unspecified atom stereocenters. The largest absolute Gasteiger partial charge is 0.489 e. The van der Waals surface area contributed by atoms with Crippen molar-refractivity contribution >= 4 is 6.08 Å². The van der Waals surface area contributed by atoms with Gasteiger partial charge in [-0.05, 0) is 53.3 Å². The van der Waals surface area contributed by atoms with Crippen LogP contribution < -0.4 is 4.74 Å². The molecule has 0 aromatic heterocycles. The minimum Gasteiger partial charge on any atom is -0.489 e. The van der Waals surface area contributed by atoms with Gasteiger partial charge in [0, 0.05) is 0 Å². The monoisotopic (exact) mass is 384 g/mol. The van der Waals surface area contributed by atoms with E-state index in [1.54, 1.807) is 0 Å². The summed E-state index contributed by atoms with van der Waals surface area (Å²) in [6.07, 6.45) is 6.97. The predicted molar refractivity (Wildman–Crippen MR) is 122 cm³/mol. The average Bonchev–Trinajstić information content (AvgIpc) is 2.79. The van der Waals surface area contributed by atoms with Crippen LogP contribution in [0.2, 0.25) is 0 Å². The van der Waals surface area contributed by atoms with Crippen molar-refractivity contribution < 1.29 is 9.47 Å². The summed E-state index contributed by atoms with van der Waals surface area (Å²) in [5, 5.41) is 0. The lowest BCUT2D eigenvalue weighted by Crippen LogP contribution is -1.95. The number of ether oxygens (including phenoxy) is 2. The first-order chi connectivity index (χ1) is 14.3. The fourth-order valence-corrected chi connectivity index (χ4v) is 2.96. The molecule has 29 heavy (non-hydrogen) atoms. The van der Waals surface area contributed by atoms with E-state index in [1.807, 2.05) is 37.3 Å². The third-order valence-electron chi connectivity index (χ3n) is 4.70. The van der Waals surface area contributed by atoms with Crippen molar-refractivity contribution in [3.8, 4) is 16.9 Å². The molecule has 0 saturated carbocycles. The van der Waals surface area contributed by atoms with Gasteiger partial charge in [-0.3, -0.25) is 0 Å². The number of hydrogen-bond donors (Lipinski definition) is 0. The lowest BCUT2D eigenvalue weighted by molar-refractivity contribution is 0.125. The van der Waals surface area contributed by atoms with Crippen LogP contribution in [0.5, 0.6) is 5.75 Å². The van der Waals surface area contributed by atoms with Gasteiger partial charge < -0.3 is 9.47 Å². The van der Waals surface area contributed by atoms with Crippen molar-refractivity contribution in [2.45, 2.75) is 26.6 Å². The number of allylic oxidation sites excluding steroid dienone is 1. The van der Waals surface area contributed by atoms with E-state index in [0.29, 0.717) is 13.2 Å². The minimum atomic E-state index is 0.555. The van der Waals surface area contributed by atoms with Crippen LogP contribution in [0.3, 0.4) is 0 Å². The van der Waals surface area contributed by atoms with Crippen LogP contribution in [0, 0.1) is 0 Å². The molecule has 0 heterocycles. The first-order valence-corrected chi connectivity index (χ1v) is 10.0. The van der Waals surface area contributed by atoms with Crippen molar-refractivity contribution in [2.75, 3.05) is 6.61 Å². The van der Waals surface area contributed by atoms with E-state index in [9.17, 15) is 0 Å². The molecule has 2 heteroatoms. The maximum atomic E-state index is 5.90. The van der Waals surface area contributed by atoms with Gasteiger partial charge >= 0.3 is 0 Å². The van der Waals surface area contributed by atoms with Gasteiger partial charge in [0.1, 0.15) is 12.4 Å². The SMILES string of the molecule is C=Cc1ccc(COc2ccc(-c3ccc(COCCC=CC)cc3)cc2)cc1. The summed E-state index contributed by atoms with van der Waals surface area (Å²) in [7, 11) is 0. The molecule has 0 bridgehead atoms. The highest BCUT2D eigenvalue weighted by Gasteiger charge is 2.01. The average molecular weight is 385 g/mol. The molecule has 0 atom stereocenters. The van der Waals surface area contributed by atoms with Gasteiger partial charge in [-0.25, -0.2) is 0 Å². The van der Waals surface area contributed by atoms with E-state index in [1.165, 1.54) is 16.7 Å². The van der Waals surface area contributed by atoms with Crippen molar-refractivity contribution in [1.82, 2.24) is 0 Å². The summed E-state index contributed by atoms with van der Waals surface area (Å²) in [6.45, 7) is 7.76. The Morgan fingerprint density at radius 1 is 0.759 bits per heavy atom. The Kier molecular flexibility index (Phi) is 7.85. The second kappa shape index (κ2) is 11.0. The quantitative estimate of drug-likeness (QED) is 0.275. The molecule has 0 fully saturated rings. The zero-order valence-corrected chi connectivity index (χ0v) is 17.0. The summed E-state index contributed by atoms with van der Waals surface area (Å²) in [5.74, 6) is 0.868. The van der Waals surface area contributed by atoms with Crippen LogP contribution in [0.4, 0.5) is 0 Å². The van der Waals surface area contributed by atoms with Gasteiger partial charge in [-0.15, -0.1) is 0 Å². The molecule has 2 nitrogen and oxygen atoms in total. The van der Waals surface area contributed by atoms with E-state index < -0.39 is 0 Å². The molecular weight excluding hydrogens is 356 g/mol. The fraction of sp³-hybridized carbons (Fsp3) is 0.185. The van der Waals surface area contributed by atoms with Gasteiger partial charge in [0.05, 0.1) is 13.2 Å². The van der Waals surface area contributed by atoms with Crippen molar-refractivity contribution in [2.24, 2.45) is 0 Å². The standard InChI is InChI=1S/C27H28O2/c1-3-5-6-19-28-20-23-11-13-25(14-12-23)26-15-17-27(18-16-26)29-21-24-9-7-22(4-2)8-10-24/h3-5,7-18H,2,6,19-21H2,1H3. The topological polar surface area (TPSA) is 18.5 Å². The van der Waals surface area contributed by atoms with Crippen LogP contribution in [-0.4, -0.2) is 6.61 Å². The van der Waals surface area contributed by atoms with Crippen LogP contribution >= 0.6 is 0 Å². The van der Waals surface area contributed by atoms with E-state index in [4.69, 9.17) is 9.47 Å². The summed E-state index contributed by atoms with van der Waals surface area (Å²) >= 11 is 0. The molecule has 0 saturated heterocycles. The van der Waals surface area contributed by atoms with Crippen molar-refractivity contribution in [3.63, 3.8) is 0 Å². The Bertz CT molecular complexity index is 904. The van der Waals surface area contributed by atoms with E-state index >= 15 is 0 Å². The molecule has 0 amide bonds. The van der Waals surface area contributed by atoms with Crippen LogP contribution in [0.1, 0.15) is 30.0 Å².